The molecular formula is C38H36N2. The molecule has 0 amide bonds. The fourth-order valence-corrected chi connectivity index (χ4v) is 5.74. The first-order chi connectivity index (χ1) is 19.7. The van der Waals surface area contributed by atoms with Gasteiger partial charge in [0.15, 0.2) is 0 Å². The molecule has 198 valence electrons. The fraction of sp³-hybridized carbons (Fsp3) is 0.158. The number of hydrogen-bond donors (Lipinski definition) is 0. The van der Waals surface area contributed by atoms with Crippen LogP contribution < -0.4 is 9.80 Å². The Bertz CT molecular complexity index is 1560. The van der Waals surface area contributed by atoms with Crippen LogP contribution in [0.5, 0.6) is 0 Å². The van der Waals surface area contributed by atoms with Crippen LogP contribution in [0.25, 0.3) is 11.1 Å². The number of rotatable bonds is 7. The van der Waals surface area contributed by atoms with E-state index in [2.05, 4.69) is 163 Å². The Morgan fingerprint density at radius 1 is 0.600 bits per heavy atom. The summed E-state index contributed by atoms with van der Waals surface area (Å²) in [6.07, 6.45) is 14.6. The molecular weight excluding hydrogens is 484 g/mol. The molecule has 40 heavy (non-hydrogen) atoms. The van der Waals surface area contributed by atoms with E-state index in [4.69, 9.17) is 0 Å². The van der Waals surface area contributed by atoms with Crippen molar-refractivity contribution in [3.05, 3.63) is 156 Å². The van der Waals surface area contributed by atoms with Crippen molar-refractivity contribution in [2.75, 3.05) is 9.80 Å². The summed E-state index contributed by atoms with van der Waals surface area (Å²) in [5.41, 5.74) is 11.3. The number of nitrogens with zero attached hydrogens (tertiary/aromatic N) is 2. The van der Waals surface area contributed by atoms with Gasteiger partial charge in [0.2, 0.25) is 0 Å². The largest absolute Gasteiger partial charge is 0.334 e. The molecule has 0 aromatic heterocycles. The summed E-state index contributed by atoms with van der Waals surface area (Å²) in [7, 11) is 0. The van der Waals surface area contributed by atoms with E-state index < -0.39 is 0 Å². The van der Waals surface area contributed by atoms with E-state index in [0.29, 0.717) is 6.04 Å². The summed E-state index contributed by atoms with van der Waals surface area (Å²) in [4.78, 5) is 4.81. The van der Waals surface area contributed by atoms with Crippen LogP contribution >= 0.6 is 0 Å². The highest BCUT2D eigenvalue weighted by Crippen LogP contribution is 2.36. The van der Waals surface area contributed by atoms with Gasteiger partial charge < -0.3 is 9.80 Å². The molecule has 2 nitrogen and oxygen atoms in total. The van der Waals surface area contributed by atoms with Crippen molar-refractivity contribution in [1.29, 1.82) is 0 Å². The van der Waals surface area contributed by atoms with Crippen LogP contribution in [0.15, 0.2) is 156 Å². The third-order valence-electron chi connectivity index (χ3n) is 7.77. The molecule has 2 aliphatic rings. The minimum atomic E-state index is 0.299. The van der Waals surface area contributed by atoms with Crippen molar-refractivity contribution in [3.8, 4) is 11.1 Å². The van der Waals surface area contributed by atoms with E-state index in [9.17, 15) is 0 Å². The second-order valence-corrected chi connectivity index (χ2v) is 10.8. The van der Waals surface area contributed by atoms with Gasteiger partial charge in [-0.1, -0.05) is 96.1 Å². The summed E-state index contributed by atoms with van der Waals surface area (Å²) in [5, 5.41) is 0. The normalized spacial score (nSPS) is 16.6. The van der Waals surface area contributed by atoms with Crippen molar-refractivity contribution in [3.63, 3.8) is 0 Å². The Morgan fingerprint density at radius 2 is 1.15 bits per heavy atom. The van der Waals surface area contributed by atoms with E-state index >= 15 is 0 Å². The molecule has 1 atom stereocenters. The monoisotopic (exact) mass is 520 g/mol. The zero-order valence-electron chi connectivity index (χ0n) is 23.4. The van der Waals surface area contributed by atoms with Crippen LogP contribution in [0.4, 0.5) is 22.7 Å². The molecule has 0 aliphatic heterocycles. The Hall–Kier alpha value is -4.56. The van der Waals surface area contributed by atoms with Gasteiger partial charge in [-0.2, -0.15) is 0 Å². The summed E-state index contributed by atoms with van der Waals surface area (Å²) in [6.45, 7) is 4.44. The average Bonchev–Trinajstić information content (AvgIpc) is 3.00. The van der Waals surface area contributed by atoms with Gasteiger partial charge in [0.25, 0.3) is 0 Å². The summed E-state index contributed by atoms with van der Waals surface area (Å²) >= 11 is 0. The van der Waals surface area contributed by atoms with Gasteiger partial charge in [0.1, 0.15) is 0 Å². The first-order valence-corrected chi connectivity index (χ1v) is 14.3. The Kier molecular flexibility index (Phi) is 7.50. The second kappa shape index (κ2) is 11.7. The van der Waals surface area contributed by atoms with Gasteiger partial charge in [-0.25, -0.2) is 0 Å². The van der Waals surface area contributed by atoms with Crippen molar-refractivity contribution < 1.29 is 0 Å². The molecule has 2 heteroatoms. The molecule has 0 fully saturated rings. The maximum Gasteiger partial charge on any atom is 0.0562 e. The Morgan fingerprint density at radius 3 is 1.75 bits per heavy atom. The minimum absolute atomic E-state index is 0.299. The van der Waals surface area contributed by atoms with Crippen molar-refractivity contribution in [2.45, 2.75) is 39.2 Å². The maximum atomic E-state index is 2.45. The molecule has 4 aromatic carbocycles. The van der Waals surface area contributed by atoms with Crippen molar-refractivity contribution >= 4 is 22.7 Å². The molecule has 2 aliphatic carbocycles. The maximum absolute atomic E-state index is 2.45. The smallest absolute Gasteiger partial charge is 0.0562 e. The standard InChI is InChI=1S/C38H36N2/c1-29-11-9-17-37(27-29)39(33-13-5-3-6-14-33)35-23-19-31(20-24-35)32-21-25-36(26-22-32)40(34-15-7-4-8-16-34)38-18-10-12-30(2)28-38/h3-9,11,13-26,28,37H,10,12,27H2,1-2H3. The van der Waals surface area contributed by atoms with Gasteiger partial charge in [0.05, 0.1) is 6.04 Å². The van der Waals surface area contributed by atoms with Crippen LogP contribution in [0.3, 0.4) is 0 Å². The third-order valence-corrected chi connectivity index (χ3v) is 7.77. The number of benzene rings is 4. The lowest BCUT2D eigenvalue weighted by Gasteiger charge is -2.33. The molecule has 0 N–H and O–H groups in total. The highest BCUT2D eigenvalue weighted by atomic mass is 15.2. The molecule has 0 spiro atoms. The molecule has 6 rings (SSSR count). The molecule has 0 saturated carbocycles. The van der Waals surface area contributed by atoms with E-state index in [1.807, 2.05) is 0 Å². The lowest BCUT2D eigenvalue weighted by Crippen LogP contribution is -2.30. The molecule has 0 saturated heterocycles. The first-order valence-electron chi connectivity index (χ1n) is 14.3. The molecule has 4 aromatic rings. The zero-order valence-corrected chi connectivity index (χ0v) is 23.4. The number of hydrogen-bond acceptors (Lipinski definition) is 2. The Balaban J connectivity index is 1.29. The minimum Gasteiger partial charge on any atom is -0.334 e. The quantitative estimate of drug-likeness (QED) is 0.239. The van der Waals surface area contributed by atoms with Crippen LogP contribution in [0, 0.1) is 0 Å². The predicted octanol–water partition coefficient (Wildman–Crippen LogP) is 10.5. The molecule has 1 unspecified atom stereocenters. The SMILES string of the molecule is CC1=CC(N(c2ccccc2)c2ccc(-c3ccc(N(c4ccccc4)C4C=CC=C(C)C4)cc3)cc2)=CCC1. The first kappa shape index (κ1) is 25.7. The zero-order chi connectivity index (χ0) is 27.3. The number of allylic oxidation sites excluding steroid dienone is 5. The highest BCUT2D eigenvalue weighted by molar-refractivity contribution is 5.75. The second-order valence-electron chi connectivity index (χ2n) is 10.8. The average molecular weight is 521 g/mol. The van der Waals surface area contributed by atoms with E-state index in [-0.39, 0.29) is 0 Å². The van der Waals surface area contributed by atoms with E-state index in [0.717, 1.165) is 19.3 Å². The number of anilines is 4. The molecule has 0 bridgehead atoms. The van der Waals surface area contributed by atoms with Crippen molar-refractivity contribution in [1.82, 2.24) is 0 Å². The summed E-state index contributed by atoms with van der Waals surface area (Å²) < 4.78 is 0. The fourth-order valence-electron chi connectivity index (χ4n) is 5.74. The third kappa shape index (κ3) is 5.58. The van der Waals surface area contributed by atoms with Gasteiger partial charge in [-0.15, -0.1) is 0 Å². The van der Waals surface area contributed by atoms with Crippen LogP contribution in [0.1, 0.15) is 33.1 Å². The lowest BCUT2D eigenvalue weighted by atomic mass is 9.98. The predicted molar refractivity (Wildman–Crippen MR) is 171 cm³/mol. The molecule has 0 radical (unpaired) electrons. The van der Waals surface area contributed by atoms with Crippen LogP contribution in [-0.2, 0) is 0 Å². The summed E-state index contributed by atoms with van der Waals surface area (Å²) in [6, 6.07) is 39.7. The summed E-state index contributed by atoms with van der Waals surface area (Å²) in [5.74, 6) is 0. The molecule has 0 heterocycles. The lowest BCUT2D eigenvalue weighted by molar-refractivity contribution is 0.757. The van der Waals surface area contributed by atoms with E-state index in [1.54, 1.807) is 0 Å². The van der Waals surface area contributed by atoms with Gasteiger partial charge >= 0.3 is 0 Å². The highest BCUT2D eigenvalue weighted by Gasteiger charge is 2.21. The van der Waals surface area contributed by atoms with Crippen LogP contribution in [-0.4, -0.2) is 6.04 Å². The topological polar surface area (TPSA) is 6.48 Å². The van der Waals surface area contributed by atoms with E-state index in [1.165, 1.54) is 50.7 Å². The Labute approximate surface area is 238 Å². The van der Waals surface area contributed by atoms with Crippen LogP contribution in [0.2, 0.25) is 0 Å². The van der Waals surface area contributed by atoms with Gasteiger partial charge in [-0.3, -0.25) is 0 Å². The van der Waals surface area contributed by atoms with Crippen molar-refractivity contribution in [2.24, 2.45) is 0 Å². The van der Waals surface area contributed by atoms with Gasteiger partial charge in [0, 0.05) is 28.4 Å². The van der Waals surface area contributed by atoms with Gasteiger partial charge in [-0.05, 0) is 98.8 Å². The number of para-hydroxylation sites is 2.